The van der Waals surface area contributed by atoms with E-state index < -0.39 is 0 Å². The molecule has 1 aromatic carbocycles. The van der Waals surface area contributed by atoms with E-state index in [0.717, 1.165) is 42.9 Å². The highest BCUT2D eigenvalue weighted by atomic mass is 16.5. The Morgan fingerprint density at radius 2 is 2.06 bits per heavy atom. The fourth-order valence-corrected chi connectivity index (χ4v) is 2.20. The molecule has 0 spiro atoms. The molecule has 1 amide bonds. The Morgan fingerprint density at radius 3 is 2.67 bits per heavy atom. The van der Waals surface area contributed by atoms with Crippen LogP contribution in [0.5, 0.6) is 0 Å². The second kappa shape index (κ2) is 5.87. The molecule has 1 heterocycles. The van der Waals surface area contributed by atoms with Crippen LogP contribution in [0.1, 0.15) is 28.8 Å². The average Bonchev–Trinajstić information content (AvgIpc) is 2.39. The summed E-state index contributed by atoms with van der Waals surface area (Å²) in [5.74, 6) is 0.00709. The number of hydrogen-bond acceptors (Lipinski definition) is 3. The summed E-state index contributed by atoms with van der Waals surface area (Å²) in [7, 11) is 1.88. The van der Waals surface area contributed by atoms with Gasteiger partial charge in [0.15, 0.2) is 0 Å². The summed E-state index contributed by atoms with van der Waals surface area (Å²) in [6, 6.07) is 5.96. The molecule has 0 saturated carbocycles. The monoisotopic (exact) mass is 248 g/mol. The van der Waals surface area contributed by atoms with Crippen molar-refractivity contribution in [3.8, 4) is 0 Å². The number of rotatable bonds is 3. The lowest BCUT2D eigenvalue weighted by Crippen LogP contribution is -2.38. The summed E-state index contributed by atoms with van der Waals surface area (Å²) >= 11 is 0. The maximum absolute atomic E-state index is 12.1. The Morgan fingerprint density at radius 1 is 1.33 bits per heavy atom. The average molecular weight is 248 g/mol. The Balaban J connectivity index is 2.01. The second-order valence-corrected chi connectivity index (χ2v) is 4.64. The molecule has 0 atom stereocenters. The zero-order valence-corrected chi connectivity index (χ0v) is 11.0. The van der Waals surface area contributed by atoms with Gasteiger partial charge in [-0.15, -0.1) is 0 Å². The molecule has 4 heteroatoms. The minimum Gasteiger partial charge on any atom is -0.388 e. The van der Waals surface area contributed by atoms with Gasteiger partial charge in [-0.2, -0.15) is 0 Å². The molecule has 0 aromatic heterocycles. The largest absolute Gasteiger partial charge is 0.388 e. The molecule has 1 aliphatic rings. The summed E-state index contributed by atoms with van der Waals surface area (Å²) in [4.78, 5) is 12.1. The summed E-state index contributed by atoms with van der Waals surface area (Å²) in [5, 5.41) is 6.16. The van der Waals surface area contributed by atoms with Crippen LogP contribution in [0.4, 0.5) is 5.69 Å². The highest BCUT2D eigenvalue weighted by Crippen LogP contribution is 2.16. The van der Waals surface area contributed by atoms with Gasteiger partial charge in [-0.1, -0.05) is 0 Å². The molecule has 0 bridgehead atoms. The van der Waals surface area contributed by atoms with Crippen molar-refractivity contribution in [3.05, 3.63) is 29.3 Å². The predicted octanol–water partition coefficient (Wildman–Crippen LogP) is 1.95. The van der Waals surface area contributed by atoms with Crippen LogP contribution in [0, 0.1) is 6.92 Å². The van der Waals surface area contributed by atoms with Gasteiger partial charge in [0.25, 0.3) is 5.91 Å². The van der Waals surface area contributed by atoms with Crippen LogP contribution in [0.25, 0.3) is 0 Å². The lowest BCUT2D eigenvalue weighted by Gasteiger charge is -2.23. The Labute approximate surface area is 108 Å². The fraction of sp³-hybridized carbons (Fsp3) is 0.500. The van der Waals surface area contributed by atoms with Gasteiger partial charge in [0.2, 0.25) is 0 Å². The van der Waals surface area contributed by atoms with Crippen molar-refractivity contribution in [2.24, 2.45) is 0 Å². The third-order valence-electron chi connectivity index (χ3n) is 3.31. The number of hydrogen-bond donors (Lipinski definition) is 2. The molecule has 2 rings (SSSR count). The number of carbonyl (C=O) groups excluding carboxylic acids is 1. The lowest BCUT2D eigenvalue weighted by atomic mass is 10.1. The van der Waals surface area contributed by atoms with E-state index in [0.29, 0.717) is 0 Å². The zero-order valence-electron chi connectivity index (χ0n) is 11.0. The van der Waals surface area contributed by atoms with E-state index in [4.69, 9.17) is 4.74 Å². The molecule has 4 nitrogen and oxygen atoms in total. The molecule has 1 fully saturated rings. The van der Waals surface area contributed by atoms with Crippen molar-refractivity contribution in [2.75, 3.05) is 25.6 Å². The summed E-state index contributed by atoms with van der Waals surface area (Å²) in [5.41, 5.74) is 2.85. The first-order chi connectivity index (χ1) is 8.70. The van der Waals surface area contributed by atoms with Crippen LogP contribution in [0.15, 0.2) is 18.2 Å². The standard InChI is InChI=1S/C14H20N2O2/c1-10-9-11(3-4-13(10)15-2)14(17)16-12-5-7-18-8-6-12/h3-4,9,12,15H,5-8H2,1-2H3,(H,16,17). The van der Waals surface area contributed by atoms with Gasteiger partial charge in [-0.05, 0) is 43.5 Å². The number of carbonyl (C=O) groups is 1. The molecule has 1 aromatic rings. The third kappa shape index (κ3) is 3.01. The molecule has 0 aliphatic carbocycles. The quantitative estimate of drug-likeness (QED) is 0.859. The van der Waals surface area contributed by atoms with Crippen LogP contribution < -0.4 is 10.6 Å². The predicted molar refractivity (Wildman–Crippen MR) is 72.0 cm³/mol. The van der Waals surface area contributed by atoms with Crippen LogP contribution >= 0.6 is 0 Å². The van der Waals surface area contributed by atoms with Gasteiger partial charge in [0.1, 0.15) is 0 Å². The Kier molecular flexibility index (Phi) is 4.20. The Bertz CT molecular complexity index is 426. The number of benzene rings is 1. The van der Waals surface area contributed by atoms with Gasteiger partial charge in [-0.25, -0.2) is 0 Å². The van der Waals surface area contributed by atoms with Gasteiger partial charge in [0.05, 0.1) is 0 Å². The maximum atomic E-state index is 12.1. The van der Waals surface area contributed by atoms with Crippen LogP contribution in [-0.4, -0.2) is 32.2 Å². The van der Waals surface area contributed by atoms with Crippen LogP contribution in [0.2, 0.25) is 0 Å². The molecular formula is C14H20N2O2. The van der Waals surface area contributed by atoms with Crippen LogP contribution in [-0.2, 0) is 4.74 Å². The smallest absolute Gasteiger partial charge is 0.251 e. The number of anilines is 1. The van der Waals surface area contributed by atoms with E-state index in [1.165, 1.54) is 0 Å². The first-order valence-electron chi connectivity index (χ1n) is 6.37. The second-order valence-electron chi connectivity index (χ2n) is 4.64. The van der Waals surface area contributed by atoms with Crippen LogP contribution in [0.3, 0.4) is 0 Å². The van der Waals surface area contributed by atoms with Crippen molar-refractivity contribution in [1.82, 2.24) is 5.32 Å². The maximum Gasteiger partial charge on any atom is 0.251 e. The highest BCUT2D eigenvalue weighted by Gasteiger charge is 2.17. The summed E-state index contributed by atoms with van der Waals surface area (Å²) < 4.78 is 5.28. The molecule has 2 N–H and O–H groups in total. The van der Waals surface area contributed by atoms with Crippen molar-refractivity contribution in [1.29, 1.82) is 0 Å². The minimum absolute atomic E-state index is 0.00709. The topological polar surface area (TPSA) is 50.4 Å². The minimum atomic E-state index is 0.00709. The summed E-state index contributed by atoms with van der Waals surface area (Å²) in [6.07, 6.45) is 1.80. The van der Waals surface area contributed by atoms with Gasteiger partial charge in [-0.3, -0.25) is 4.79 Å². The van der Waals surface area contributed by atoms with E-state index in [1.54, 1.807) is 0 Å². The summed E-state index contributed by atoms with van der Waals surface area (Å²) in [6.45, 7) is 3.47. The zero-order chi connectivity index (χ0) is 13.0. The van der Waals surface area contributed by atoms with E-state index in [-0.39, 0.29) is 11.9 Å². The SMILES string of the molecule is CNc1ccc(C(=O)NC2CCOCC2)cc1C. The van der Waals surface area contributed by atoms with E-state index in [2.05, 4.69) is 10.6 Å². The highest BCUT2D eigenvalue weighted by molar-refractivity contribution is 5.95. The fourth-order valence-electron chi connectivity index (χ4n) is 2.20. The molecule has 0 radical (unpaired) electrons. The lowest BCUT2D eigenvalue weighted by molar-refractivity contribution is 0.0696. The third-order valence-corrected chi connectivity index (χ3v) is 3.31. The van der Waals surface area contributed by atoms with Gasteiger partial charge >= 0.3 is 0 Å². The molecule has 98 valence electrons. The van der Waals surface area contributed by atoms with Gasteiger partial charge in [0, 0.05) is 37.6 Å². The normalized spacial score (nSPS) is 16.3. The number of aryl methyl sites for hydroxylation is 1. The number of nitrogens with one attached hydrogen (secondary N) is 2. The van der Waals surface area contributed by atoms with E-state index >= 15 is 0 Å². The first-order valence-corrected chi connectivity index (χ1v) is 6.37. The molecule has 1 aliphatic heterocycles. The van der Waals surface area contributed by atoms with Crippen molar-refractivity contribution >= 4 is 11.6 Å². The molecule has 18 heavy (non-hydrogen) atoms. The first kappa shape index (κ1) is 12.9. The number of amides is 1. The molecule has 1 saturated heterocycles. The Hall–Kier alpha value is -1.55. The van der Waals surface area contributed by atoms with E-state index in [9.17, 15) is 4.79 Å². The van der Waals surface area contributed by atoms with Crippen molar-refractivity contribution in [3.63, 3.8) is 0 Å². The van der Waals surface area contributed by atoms with E-state index in [1.807, 2.05) is 32.2 Å². The molecule has 0 unspecified atom stereocenters. The van der Waals surface area contributed by atoms with Gasteiger partial charge < -0.3 is 15.4 Å². The molecular weight excluding hydrogens is 228 g/mol. The number of ether oxygens (including phenoxy) is 1. The van der Waals surface area contributed by atoms with Crippen molar-refractivity contribution < 1.29 is 9.53 Å². The van der Waals surface area contributed by atoms with Crippen molar-refractivity contribution in [2.45, 2.75) is 25.8 Å².